The van der Waals surface area contributed by atoms with Crippen molar-refractivity contribution in [2.75, 3.05) is 5.32 Å². The molecule has 0 fully saturated rings. The third-order valence-electron chi connectivity index (χ3n) is 2.13. The first-order valence-electron chi connectivity index (χ1n) is 5.06. The van der Waals surface area contributed by atoms with Gasteiger partial charge in [-0.05, 0) is 24.1 Å². The molecule has 0 saturated carbocycles. The number of alkyl halides is 1. The van der Waals surface area contributed by atoms with Crippen LogP contribution in [0.15, 0.2) is 24.3 Å². The van der Waals surface area contributed by atoms with E-state index in [4.69, 9.17) is 6.42 Å². The Bertz CT molecular complexity index is 420. The van der Waals surface area contributed by atoms with Crippen molar-refractivity contribution in [2.24, 2.45) is 5.92 Å². The first-order chi connectivity index (χ1) is 7.54. The van der Waals surface area contributed by atoms with E-state index in [0.717, 1.165) is 11.3 Å². The molecule has 0 aliphatic rings. The fourth-order valence-corrected chi connectivity index (χ4v) is 1.32. The quantitative estimate of drug-likeness (QED) is 0.669. The highest BCUT2D eigenvalue weighted by molar-refractivity contribution is 9.10. The number of halogens is 1. The van der Waals surface area contributed by atoms with Gasteiger partial charge in [-0.3, -0.25) is 4.79 Å². The van der Waals surface area contributed by atoms with Crippen LogP contribution in [0.5, 0.6) is 0 Å². The molecule has 0 aliphatic heterocycles. The number of nitrogens with one attached hydrogen (secondary N) is 1. The van der Waals surface area contributed by atoms with Crippen LogP contribution in [0.3, 0.4) is 0 Å². The van der Waals surface area contributed by atoms with Crippen LogP contribution in [0.2, 0.25) is 0 Å². The minimum atomic E-state index is -0.193. The second kappa shape index (κ2) is 5.72. The molecule has 1 rings (SSSR count). The molecule has 1 N–H and O–H groups in total. The number of rotatable bonds is 3. The lowest BCUT2D eigenvalue weighted by molar-refractivity contribution is -0.116. The SMILES string of the molecule is C#Cc1cccc(NC(=O)C(Br)C(C)C)c1. The lowest BCUT2D eigenvalue weighted by atomic mass is 10.1. The number of hydrogen-bond donors (Lipinski definition) is 1. The highest BCUT2D eigenvalue weighted by Crippen LogP contribution is 2.16. The fraction of sp³-hybridized carbons (Fsp3) is 0.308. The maximum Gasteiger partial charge on any atom is 0.238 e. The number of amides is 1. The average Bonchev–Trinajstić information content (AvgIpc) is 2.28. The van der Waals surface area contributed by atoms with Crippen LogP contribution in [0.4, 0.5) is 5.69 Å². The minimum absolute atomic E-state index is 0.0517. The van der Waals surface area contributed by atoms with Gasteiger partial charge in [0, 0.05) is 11.3 Å². The summed E-state index contributed by atoms with van der Waals surface area (Å²) >= 11 is 3.35. The van der Waals surface area contributed by atoms with E-state index >= 15 is 0 Å². The molecule has 1 aromatic rings. The van der Waals surface area contributed by atoms with Crippen LogP contribution in [-0.4, -0.2) is 10.7 Å². The van der Waals surface area contributed by atoms with E-state index < -0.39 is 0 Å². The van der Waals surface area contributed by atoms with Crippen LogP contribution in [0.1, 0.15) is 19.4 Å². The molecule has 0 bridgehead atoms. The average molecular weight is 280 g/mol. The van der Waals surface area contributed by atoms with E-state index in [0.29, 0.717) is 0 Å². The van der Waals surface area contributed by atoms with Gasteiger partial charge in [-0.1, -0.05) is 41.8 Å². The molecule has 0 saturated heterocycles. The molecule has 0 aromatic heterocycles. The molecule has 3 heteroatoms. The Morgan fingerprint density at radius 1 is 1.50 bits per heavy atom. The van der Waals surface area contributed by atoms with Crippen LogP contribution in [0, 0.1) is 18.3 Å². The molecule has 0 aliphatic carbocycles. The van der Waals surface area contributed by atoms with E-state index in [2.05, 4.69) is 27.2 Å². The standard InChI is InChI=1S/C13H14BrNO/c1-4-10-6-5-7-11(8-10)15-13(16)12(14)9(2)3/h1,5-9,12H,2-3H3,(H,15,16). The molecule has 1 unspecified atom stereocenters. The summed E-state index contributed by atoms with van der Waals surface area (Å²) in [5, 5.41) is 2.82. The molecular weight excluding hydrogens is 266 g/mol. The lowest BCUT2D eigenvalue weighted by Gasteiger charge is -2.13. The molecule has 0 heterocycles. The monoisotopic (exact) mass is 279 g/mol. The minimum Gasteiger partial charge on any atom is -0.325 e. The zero-order chi connectivity index (χ0) is 12.1. The fourth-order valence-electron chi connectivity index (χ4n) is 1.20. The van der Waals surface area contributed by atoms with Crippen LogP contribution < -0.4 is 5.32 Å². The predicted molar refractivity (Wildman–Crippen MR) is 70.6 cm³/mol. The molecule has 16 heavy (non-hydrogen) atoms. The largest absolute Gasteiger partial charge is 0.325 e. The van der Waals surface area contributed by atoms with Gasteiger partial charge < -0.3 is 5.32 Å². The van der Waals surface area contributed by atoms with Crippen molar-refractivity contribution in [2.45, 2.75) is 18.7 Å². The Labute approximate surface area is 105 Å². The number of anilines is 1. The smallest absolute Gasteiger partial charge is 0.238 e. The zero-order valence-corrected chi connectivity index (χ0v) is 10.9. The zero-order valence-electron chi connectivity index (χ0n) is 9.33. The first-order valence-corrected chi connectivity index (χ1v) is 5.97. The third-order valence-corrected chi connectivity index (χ3v) is 3.61. The van der Waals surface area contributed by atoms with Crippen molar-refractivity contribution in [3.63, 3.8) is 0 Å². The van der Waals surface area contributed by atoms with Gasteiger partial charge in [0.15, 0.2) is 0 Å². The van der Waals surface area contributed by atoms with Gasteiger partial charge in [0.1, 0.15) is 0 Å². The van der Waals surface area contributed by atoms with E-state index in [9.17, 15) is 4.79 Å². The van der Waals surface area contributed by atoms with Crippen molar-refractivity contribution < 1.29 is 4.79 Å². The molecule has 0 spiro atoms. The molecule has 1 atom stereocenters. The summed E-state index contributed by atoms with van der Waals surface area (Å²) in [5.74, 6) is 2.72. The maximum atomic E-state index is 11.7. The Balaban J connectivity index is 2.74. The third kappa shape index (κ3) is 3.39. The first kappa shape index (κ1) is 12.8. The summed E-state index contributed by atoms with van der Waals surface area (Å²) in [6, 6.07) is 7.24. The molecule has 0 radical (unpaired) electrons. The number of terminal acetylenes is 1. The van der Waals surface area contributed by atoms with Crippen LogP contribution in [0.25, 0.3) is 0 Å². The molecule has 84 valence electrons. The Morgan fingerprint density at radius 2 is 2.19 bits per heavy atom. The van der Waals surface area contributed by atoms with Gasteiger partial charge in [-0.15, -0.1) is 6.42 Å². The lowest BCUT2D eigenvalue weighted by Crippen LogP contribution is -2.26. The topological polar surface area (TPSA) is 29.1 Å². The molecule has 1 amide bonds. The summed E-state index contributed by atoms with van der Waals surface area (Å²) in [5.41, 5.74) is 1.49. The Hall–Kier alpha value is -1.27. The van der Waals surface area contributed by atoms with Crippen molar-refractivity contribution >= 4 is 27.5 Å². The van der Waals surface area contributed by atoms with Crippen LogP contribution in [-0.2, 0) is 4.79 Å². The molecular formula is C13H14BrNO. The highest BCUT2D eigenvalue weighted by Gasteiger charge is 2.18. The van der Waals surface area contributed by atoms with Crippen molar-refractivity contribution in [1.29, 1.82) is 0 Å². The van der Waals surface area contributed by atoms with E-state index in [1.165, 1.54) is 0 Å². The van der Waals surface area contributed by atoms with Gasteiger partial charge in [-0.2, -0.15) is 0 Å². The second-order valence-corrected chi connectivity index (χ2v) is 4.85. The summed E-state index contributed by atoms with van der Waals surface area (Å²) in [7, 11) is 0. The Morgan fingerprint density at radius 3 is 2.75 bits per heavy atom. The van der Waals surface area contributed by atoms with Gasteiger partial charge in [0.05, 0.1) is 4.83 Å². The number of carbonyl (C=O) groups excluding carboxylic acids is 1. The van der Waals surface area contributed by atoms with Gasteiger partial charge >= 0.3 is 0 Å². The molecule has 2 nitrogen and oxygen atoms in total. The summed E-state index contributed by atoms with van der Waals surface area (Å²) in [6.45, 7) is 3.97. The van der Waals surface area contributed by atoms with E-state index in [1.54, 1.807) is 6.07 Å². The number of hydrogen-bond acceptors (Lipinski definition) is 1. The summed E-state index contributed by atoms with van der Waals surface area (Å²) < 4.78 is 0. The van der Waals surface area contributed by atoms with Gasteiger partial charge in [0.2, 0.25) is 5.91 Å². The van der Waals surface area contributed by atoms with Gasteiger partial charge in [0.25, 0.3) is 0 Å². The number of benzene rings is 1. The van der Waals surface area contributed by atoms with E-state index in [-0.39, 0.29) is 16.7 Å². The Kier molecular flexibility index (Phi) is 4.57. The summed E-state index contributed by atoms with van der Waals surface area (Å²) in [6.07, 6.45) is 5.29. The predicted octanol–water partition coefficient (Wildman–Crippen LogP) is 3.03. The second-order valence-electron chi connectivity index (χ2n) is 3.86. The van der Waals surface area contributed by atoms with Crippen molar-refractivity contribution in [1.82, 2.24) is 0 Å². The number of carbonyl (C=O) groups is 1. The highest BCUT2D eigenvalue weighted by atomic mass is 79.9. The van der Waals surface area contributed by atoms with Gasteiger partial charge in [-0.25, -0.2) is 0 Å². The normalized spacial score (nSPS) is 11.9. The molecule has 1 aromatic carbocycles. The maximum absolute atomic E-state index is 11.7. The van der Waals surface area contributed by atoms with Crippen molar-refractivity contribution in [3.05, 3.63) is 29.8 Å². The summed E-state index contributed by atoms with van der Waals surface area (Å²) in [4.78, 5) is 11.6. The van der Waals surface area contributed by atoms with Crippen molar-refractivity contribution in [3.8, 4) is 12.3 Å². The van der Waals surface area contributed by atoms with E-state index in [1.807, 2.05) is 32.0 Å². The van der Waals surface area contributed by atoms with Crippen LogP contribution >= 0.6 is 15.9 Å².